The van der Waals surface area contributed by atoms with E-state index in [1.165, 1.54) is 6.33 Å². The second-order valence-electron chi connectivity index (χ2n) is 6.11. The third-order valence-corrected chi connectivity index (χ3v) is 4.82. The lowest BCUT2D eigenvalue weighted by molar-refractivity contribution is 0.00211. The molecule has 6 heteroatoms. The number of carbonyl (C=O) groups excluding carboxylic acids is 1. The minimum atomic E-state index is -0.315. The molecule has 3 aromatic rings. The van der Waals surface area contributed by atoms with Crippen LogP contribution in [0.1, 0.15) is 34.7 Å². The number of carbonyl (C=O) groups is 1. The Labute approximate surface area is 150 Å². The minimum absolute atomic E-state index is 0.0659. The van der Waals surface area contributed by atoms with Crippen molar-refractivity contribution < 1.29 is 9.53 Å². The van der Waals surface area contributed by atoms with Gasteiger partial charge in [0.15, 0.2) is 0 Å². The summed E-state index contributed by atoms with van der Waals surface area (Å²) in [5, 5.41) is 4.84. The number of aromatic nitrogens is 3. The molecule has 0 bridgehead atoms. The van der Waals surface area contributed by atoms with Crippen molar-refractivity contribution in [2.75, 3.05) is 0 Å². The standard InChI is InChI=1S/C19H16ClN3O2/c20-18-7-2-1-6-17(18)14-9-16(10-14)25-19(24)13-4-3-5-15(8-13)23-12-21-11-22-23/h1-8,11-12,14,16H,9-10H2. The van der Waals surface area contributed by atoms with Crippen LogP contribution in [0.5, 0.6) is 0 Å². The van der Waals surface area contributed by atoms with Crippen LogP contribution < -0.4 is 0 Å². The normalized spacial score (nSPS) is 19.2. The molecule has 0 amide bonds. The summed E-state index contributed by atoms with van der Waals surface area (Å²) in [5.41, 5.74) is 2.41. The predicted molar refractivity (Wildman–Crippen MR) is 94.0 cm³/mol. The van der Waals surface area contributed by atoms with E-state index in [4.69, 9.17) is 16.3 Å². The number of halogens is 1. The van der Waals surface area contributed by atoms with Gasteiger partial charge >= 0.3 is 5.97 Å². The zero-order chi connectivity index (χ0) is 17.2. The van der Waals surface area contributed by atoms with Crippen LogP contribution in [0.25, 0.3) is 5.69 Å². The fraction of sp³-hybridized carbons (Fsp3) is 0.211. The van der Waals surface area contributed by atoms with Gasteiger partial charge < -0.3 is 4.74 Å². The Morgan fingerprint density at radius 3 is 2.76 bits per heavy atom. The Hall–Kier alpha value is -2.66. The first-order chi connectivity index (χ1) is 12.2. The van der Waals surface area contributed by atoms with Crippen molar-refractivity contribution in [1.29, 1.82) is 0 Å². The lowest BCUT2D eigenvalue weighted by Crippen LogP contribution is -2.32. The molecule has 5 nitrogen and oxygen atoms in total. The summed E-state index contributed by atoms with van der Waals surface area (Å²) in [6.07, 6.45) is 4.58. The maximum Gasteiger partial charge on any atom is 0.338 e. The van der Waals surface area contributed by atoms with Gasteiger partial charge in [0.05, 0.1) is 11.3 Å². The predicted octanol–water partition coefficient (Wildman–Crippen LogP) is 4.02. The molecule has 0 saturated heterocycles. The number of hydrogen-bond acceptors (Lipinski definition) is 4. The number of hydrogen-bond donors (Lipinski definition) is 0. The van der Waals surface area contributed by atoms with Crippen molar-refractivity contribution in [2.45, 2.75) is 24.9 Å². The second kappa shape index (κ2) is 6.69. The van der Waals surface area contributed by atoms with Crippen LogP contribution in [0, 0.1) is 0 Å². The van der Waals surface area contributed by atoms with Crippen molar-refractivity contribution in [3.05, 3.63) is 77.3 Å². The van der Waals surface area contributed by atoms with Crippen molar-refractivity contribution in [2.24, 2.45) is 0 Å². The van der Waals surface area contributed by atoms with E-state index >= 15 is 0 Å². The molecule has 1 aliphatic rings. The van der Waals surface area contributed by atoms with Gasteiger partial charge in [0, 0.05) is 5.02 Å². The van der Waals surface area contributed by atoms with Crippen LogP contribution in [0.4, 0.5) is 0 Å². The second-order valence-corrected chi connectivity index (χ2v) is 6.51. The van der Waals surface area contributed by atoms with Gasteiger partial charge in [-0.3, -0.25) is 0 Å². The van der Waals surface area contributed by atoms with E-state index in [0.29, 0.717) is 11.5 Å². The summed E-state index contributed by atoms with van der Waals surface area (Å²) in [6, 6.07) is 15.0. The molecule has 4 rings (SSSR count). The Kier molecular flexibility index (Phi) is 4.24. The van der Waals surface area contributed by atoms with E-state index in [-0.39, 0.29) is 12.1 Å². The van der Waals surface area contributed by atoms with Gasteiger partial charge in [0.25, 0.3) is 0 Å². The molecule has 0 atom stereocenters. The maximum atomic E-state index is 12.4. The topological polar surface area (TPSA) is 57.0 Å². The highest BCUT2D eigenvalue weighted by atomic mass is 35.5. The van der Waals surface area contributed by atoms with Gasteiger partial charge in [-0.2, -0.15) is 5.10 Å². The van der Waals surface area contributed by atoms with Gasteiger partial charge in [0.1, 0.15) is 18.8 Å². The maximum absolute atomic E-state index is 12.4. The average molecular weight is 354 g/mol. The monoisotopic (exact) mass is 353 g/mol. The Bertz CT molecular complexity index is 889. The number of esters is 1. The van der Waals surface area contributed by atoms with Gasteiger partial charge in [-0.25, -0.2) is 14.5 Å². The molecule has 0 spiro atoms. The molecule has 1 fully saturated rings. The molecular formula is C19H16ClN3O2. The third-order valence-electron chi connectivity index (χ3n) is 4.48. The highest BCUT2D eigenvalue weighted by molar-refractivity contribution is 6.31. The van der Waals surface area contributed by atoms with E-state index in [1.807, 2.05) is 30.3 Å². The van der Waals surface area contributed by atoms with Crippen LogP contribution >= 0.6 is 11.6 Å². The number of rotatable bonds is 4. The molecule has 0 aliphatic heterocycles. The SMILES string of the molecule is O=C(OC1CC(c2ccccc2Cl)C1)c1cccc(-n2cncn2)c1. The number of ether oxygens (including phenoxy) is 1. The minimum Gasteiger partial charge on any atom is -0.459 e. The summed E-state index contributed by atoms with van der Waals surface area (Å²) >= 11 is 6.23. The molecule has 0 N–H and O–H groups in total. The molecule has 1 aliphatic carbocycles. The highest BCUT2D eigenvalue weighted by Gasteiger charge is 2.34. The first kappa shape index (κ1) is 15.8. The molecule has 2 aromatic carbocycles. The summed E-state index contributed by atoms with van der Waals surface area (Å²) in [7, 11) is 0. The highest BCUT2D eigenvalue weighted by Crippen LogP contribution is 2.41. The smallest absolute Gasteiger partial charge is 0.338 e. The number of benzene rings is 2. The molecule has 25 heavy (non-hydrogen) atoms. The Morgan fingerprint density at radius 1 is 1.16 bits per heavy atom. The summed E-state index contributed by atoms with van der Waals surface area (Å²) in [6.45, 7) is 0. The largest absolute Gasteiger partial charge is 0.459 e. The zero-order valence-electron chi connectivity index (χ0n) is 13.4. The van der Waals surface area contributed by atoms with Crippen molar-refractivity contribution in [3.63, 3.8) is 0 Å². The molecule has 0 radical (unpaired) electrons. The summed E-state index contributed by atoms with van der Waals surface area (Å²) in [4.78, 5) is 16.3. The van der Waals surface area contributed by atoms with Crippen molar-refractivity contribution in [3.8, 4) is 5.69 Å². The van der Waals surface area contributed by atoms with E-state index in [9.17, 15) is 4.79 Å². The van der Waals surface area contributed by atoms with Crippen LogP contribution in [-0.2, 0) is 4.74 Å². The quantitative estimate of drug-likeness (QED) is 0.665. The molecule has 0 unspecified atom stereocenters. The van der Waals surface area contributed by atoms with E-state index in [2.05, 4.69) is 10.1 Å². The molecular weight excluding hydrogens is 338 g/mol. The van der Waals surface area contributed by atoms with Gasteiger partial charge in [-0.05, 0) is 48.6 Å². The van der Waals surface area contributed by atoms with E-state index < -0.39 is 0 Å². The third kappa shape index (κ3) is 3.28. The first-order valence-corrected chi connectivity index (χ1v) is 8.49. The van der Waals surface area contributed by atoms with Crippen LogP contribution in [0.3, 0.4) is 0 Å². The summed E-state index contributed by atoms with van der Waals surface area (Å²) in [5.74, 6) is 0.0394. The lowest BCUT2D eigenvalue weighted by atomic mass is 9.77. The first-order valence-electron chi connectivity index (χ1n) is 8.11. The lowest BCUT2D eigenvalue weighted by Gasteiger charge is -2.35. The Balaban J connectivity index is 1.39. The van der Waals surface area contributed by atoms with Crippen molar-refractivity contribution >= 4 is 17.6 Å². The van der Waals surface area contributed by atoms with E-state index in [0.717, 1.165) is 29.1 Å². The van der Waals surface area contributed by atoms with E-state index in [1.54, 1.807) is 29.2 Å². The molecule has 1 aromatic heterocycles. The molecule has 126 valence electrons. The van der Waals surface area contributed by atoms with Crippen LogP contribution in [-0.4, -0.2) is 26.8 Å². The average Bonchev–Trinajstić information content (AvgIpc) is 3.13. The Morgan fingerprint density at radius 2 is 2.00 bits per heavy atom. The van der Waals surface area contributed by atoms with Gasteiger partial charge in [-0.1, -0.05) is 35.9 Å². The van der Waals surface area contributed by atoms with Crippen LogP contribution in [0.2, 0.25) is 5.02 Å². The fourth-order valence-corrected chi connectivity index (χ4v) is 3.35. The van der Waals surface area contributed by atoms with Gasteiger partial charge in [-0.15, -0.1) is 0 Å². The van der Waals surface area contributed by atoms with Crippen molar-refractivity contribution in [1.82, 2.24) is 14.8 Å². The van der Waals surface area contributed by atoms with Crippen LogP contribution in [0.15, 0.2) is 61.2 Å². The van der Waals surface area contributed by atoms with Gasteiger partial charge in [0.2, 0.25) is 0 Å². The molecule has 1 heterocycles. The molecule has 1 saturated carbocycles. The fourth-order valence-electron chi connectivity index (χ4n) is 3.06. The summed E-state index contributed by atoms with van der Waals surface area (Å²) < 4.78 is 7.21. The zero-order valence-corrected chi connectivity index (χ0v) is 14.1. The number of nitrogens with zero attached hydrogens (tertiary/aromatic N) is 3.